The zero-order valence-corrected chi connectivity index (χ0v) is 19.6. The molecule has 2 atom stereocenters. The first-order chi connectivity index (χ1) is 15.6. The van der Waals surface area contributed by atoms with Gasteiger partial charge in [0.05, 0.1) is 6.42 Å². The van der Waals surface area contributed by atoms with Crippen LogP contribution in [0, 0.1) is 5.92 Å². The Labute approximate surface area is 194 Å². The summed E-state index contributed by atoms with van der Waals surface area (Å²) in [5.41, 5.74) is 3.55. The third-order valence-electron chi connectivity index (χ3n) is 6.17. The molecule has 3 rings (SSSR count). The highest BCUT2D eigenvalue weighted by Gasteiger charge is 2.33. The van der Waals surface area contributed by atoms with Gasteiger partial charge in [-0.3, -0.25) is 9.59 Å². The lowest BCUT2D eigenvalue weighted by atomic mass is 9.95. The van der Waals surface area contributed by atoms with Crippen molar-refractivity contribution in [2.75, 3.05) is 6.61 Å². The third kappa shape index (κ3) is 5.72. The first-order valence-electron chi connectivity index (χ1n) is 11.3. The molecule has 2 aromatic rings. The minimum atomic E-state index is -1.01. The highest BCUT2D eigenvalue weighted by molar-refractivity contribution is 5.87. The van der Waals surface area contributed by atoms with E-state index in [1.54, 1.807) is 13.8 Å². The number of ether oxygens (including phenoxy) is 1. The van der Waals surface area contributed by atoms with Gasteiger partial charge in [-0.1, -0.05) is 68.8 Å². The Balaban J connectivity index is 1.68. The minimum Gasteiger partial charge on any atom is -0.481 e. The third-order valence-corrected chi connectivity index (χ3v) is 6.17. The average molecular weight is 453 g/mol. The van der Waals surface area contributed by atoms with E-state index in [0.29, 0.717) is 6.42 Å². The highest BCUT2D eigenvalue weighted by Crippen LogP contribution is 2.44. The lowest BCUT2D eigenvalue weighted by Crippen LogP contribution is -2.56. The number of hydrogen-bond donors (Lipinski definition) is 3. The Kier molecular flexibility index (Phi) is 7.41. The number of hydrogen-bond acceptors (Lipinski definition) is 4. The van der Waals surface area contributed by atoms with Crippen molar-refractivity contribution in [2.24, 2.45) is 5.92 Å². The number of carboxylic acid groups (broad SMARTS) is 1. The molecule has 0 spiro atoms. The van der Waals surface area contributed by atoms with Crippen molar-refractivity contribution in [1.82, 2.24) is 10.6 Å². The van der Waals surface area contributed by atoms with Gasteiger partial charge in [0.2, 0.25) is 5.91 Å². The van der Waals surface area contributed by atoms with Gasteiger partial charge in [-0.25, -0.2) is 4.79 Å². The number of carbonyl (C=O) groups is 3. The van der Waals surface area contributed by atoms with Gasteiger partial charge in [-0.2, -0.15) is 0 Å². The molecule has 33 heavy (non-hydrogen) atoms. The summed E-state index contributed by atoms with van der Waals surface area (Å²) in [7, 11) is 0. The minimum absolute atomic E-state index is 0.0754. The number of aliphatic carboxylic acids is 1. The fourth-order valence-electron chi connectivity index (χ4n) is 4.30. The molecule has 1 unspecified atom stereocenters. The van der Waals surface area contributed by atoms with Gasteiger partial charge >= 0.3 is 12.1 Å². The molecule has 1 aliphatic carbocycles. The number of nitrogens with one attached hydrogen (secondary N) is 2. The molecule has 3 N–H and O–H groups in total. The van der Waals surface area contributed by atoms with Crippen molar-refractivity contribution in [3.63, 3.8) is 0 Å². The predicted molar refractivity (Wildman–Crippen MR) is 126 cm³/mol. The van der Waals surface area contributed by atoms with E-state index >= 15 is 0 Å². The van der Waals surface area contributed by atoms with Crippen LogP contribution in [0.2, 0.25) is 0 Å². The summed E-state index contributed by atoms with van der Waals surface area (Å²) < 4.78 is 5.59. The summed E-state index contributed by atoms with van der Waals surface area (Å²) in [6.45, 7) is 7.21. The van der Waals surface area contributed by atoms with E-state index in [1.165, 1.54) is 0 Å². The van der Waals surface area contributed by atoms with Gasteiger partial charge < -0.3 is 20.5 Å². The van der Waals surface area contributed by atoms with Crippen LogP contribution >= 0.6 is 0 Å². The van der Waals surface area contributed by atoms with E-state index in [1.807, 2.05) is 50.2 Å². The number of amides is 2. The zero-order chi connectivity index (χ0) is 24.2. The summed E-state index contributed by atoms with van der Waals surface area (Å²) in [5, 5.41) is 14.5. The molecule has 0 heterocycles. The summed E-state index contributed by atoms with van der Waals surface area (Å²) in [6, 6.07) is 15.3. The number of carboxylic acids is 1. The second-order valence-corrected chi connectivity index (χ2v) is 9.28. The van der Waals surface area contributed by atoms with Crippen LogP contribution in [0.5, 0.6) is 0 Å². The van der Waals surface area contributed by atoms with E-state index in [-0.39, 0.29) is 24.9 Å². The molecule has 7 heteroatoms. The van der Waals surface area contributed by atoms with Gasteiger partial charge in [0, 0.05) is 11.5 Å². The van der Waals surface area contributed by atoms with Crippen LogP contribution < -0.4 is 10.6 Å². The van der Waals surface area contributed by atoms with Crippen LogP contribution in [0.4, 0.5) is 4.79 Å². The quantitative estimate of drug-likeness (QED) is 0.526. The van der Waals surface area contributed by atoms with Crippen molar-refractivity contribution in [1.29, 1.82) is 0 Å². The van der Waals surface area contributed by atoms with Gasteiger partial charge in [-0.15, -0.1) is 0 Å². The van der Waals surface area contributed by atoms with E-state index in [0.717, 1.165) is 22.3 Å². The summed E-state index contributed by atoms with van der Waals surface area (Å²) in [5.74, 6) is -1.67. The van der Waals surface area contributed by atoms with E-state index < -0.39 is 29.6 Å². The molecular formula is C26H32N2O5. The van der Waals surface area contributed by atoms with Crippen molar-refractivity contribution >= 4 is 18.0 Å². The molecule has 176 valence electrons. The maximum absolute atomic E-state index is 12.9. The molecule has 0 radical (unpaired) electrons. The van der Waals surface area contributed by atoms with E-state index in [9.17, 15) is 14.4 Å². The van der Waals surface area contributed by atoms with Gasteiger partial charge in [0.1, 0.15) is 12.6 Å². The number of alkyl carbamates (subject to hydrolysis) is 1. The van der Waals surface area contributed by atoms with Gasteiger partial charge in [-0.05, 0) is 42.0 Å². The van der Waals surface area contributed by atoms with Crippen molar-refractivity contribution in [3.8, 4) is 11.1 Å². The highest BCUT2D eigenvalue weighted by atomic mass is 16.5. The molecule has 0 aromatic heterocycles. The monoisotopic (exact) mass is 452 g/mol. The maximum Gasteiger partial charge on any atom is 0.407 e. The second kappa shape index (κ2) is 10.1. The van der Waals surface area contributed by atoms with Crippen LogP contribution in [-0.4, -0.2) is 41.3 Å². The molecule has 0 bridgehead atoms. The van der Waals surface area contributed by atoms with E-state index in [2.05, 4.69) is 22.8 Å². The molecule has 2 aromatic carbocycles. The smallest absolute Gasteiger partial charge is 0.407 e. The summed E-state index contributed by atoms with van der Waals surface area (Å²) in [4.78, 5) is 36.7. The largest absolute Gasteiger partial charge is 0.481 e. The summed E-state index contributed by atoms with van der Waals surface area (Å²) >= 11 is 0. The van der Waals surface area contributed by atoms with Crippen molar-refractivity contribution < 1.29 is 24.2 Å². The molecule has 0 aliphatic heterocycles. The number of rotatable bonds is 9. The Morgan fingerprint density at radius 2 is 1.58 bits per heavy atom. The molecule has 7 nitrogen and oxygen atoms in total. The number of fused-ring (bicyclic) bond motifs is 3. The van der Waals surface area contributed by atoms with Crippen molar-refractivity contribution in [3.05, 3.63) is 59.7 Å². The van der Waals surface area contributed by atoms with Crippen LogP contribution in [0.15, 0.2) is 48.5 Å². The molecule has 0 fully saturated rings. The molecule has 0 saturated carbocycles. The normalized spacial score (nSPS) is 14.5. The van der Waals surface area contributed by atoms with Gasteiger partial charge in [0.15, 0.2) is 0 Å². The van der Waals surface area contributed by atoms with Crippen molar-refractivity contribution in [2.45, 2.75) is 58.0 Å². The molecule has 1 aliphatic rings. The summed E-state index contributed by atoms with van der Waals surface area (Å²) in [6.07, 6.45) is -0.244. The van der Waals surface area contributed by atoms with E-state index in [4.69, 9.17) is 9.84 Å². The van der Waals surface area contributed by atoms with Crippen LogP contribution in [0.3, 0.4) is 0 Å². The standard InChI is InChI=1S/C26H32N2O5/c1-5-16(2)23(24(31)28-26(3,4)14-22(29)30)27-25(32)33-15-21-19-12-8-6-10-17(19)18-11-7-9-13-20(18)21/h6-13,16,21,23H,5,14-15H2,1-4H3,(H,27,32)(H,28,31)(H,29,30)/t16?,23-/m0/s1. The topological polar surface area (TPSA) is 105 Å². The first-order valence-corrected chi connectivity index (χ1v) is 11.3. The molecule has 2 amide bonds. The Hall–Kier alpha value is -3.35. The number of carbonyl (C=O) groups excluding carboxylic acids is 2. The fourth-order valence-corrected chi connectivity index (χ4v) is 4.30. The molecular weight excluding hydrogens is 420 g/mol. The Morgan fingerprint density at radius 3 is 2.09 bits per heavy atom. The average Bonchev–Trinajstić information content (AvgIpc) is 3.08. The Bertz CT molecular complexity index is 987. The SMILES string of the molecule is CCC(C)[C@H](NC(=O)OCC1c2ccccc2-c2ccccc21)C(=O)NC(C)(C)CC(=O)O. The first kappa shape index (κ1) is 24.3. The molecule has 0 saturated heterocycles. The predicted octanol–water partition coefficient (Wildman–Crippen LogP) is 4.31. The zero-order valence-electron chi connectivity index (χ0n) is 19.6. The van der Waals surface area contributed by atoms with Crippen LogP contribution in [0.1, 0.15) is 57.6 Å². The lowest BCUT2D eigenvalue weighted by Gasteiger charge is -2.30. The van der Waals surface area contributed by atoms with Crippen LogP contribution in [-0.2, 0) is 14.3 Å². The lowest BCUT2D eigenvalue weighted by molar-refractivity contribution is -0.138. The maximum atomic E-state index is 12.9. The second-order valence-electron chi connectivity index (χ2n) is 9.28. The van der Waals surface area contributed by atoms with Crippen LogP contribution in [0.25, 0.3) is 11.1 Å². The van der Waals surface area contributed by atoms with Gasteiger partial charge in [0.25, 0.3) is 0 Å². The fraction of sp³-hybridized carbons (Fsp3) is 0.423. The Morgan fingerprint density at radius 1 is 1.03 bits per heavy atom. The number of benzene rings is 2.